The molecule has 3 aromatic rings. The number of hydrogen-bond donors (Lipinski definition) is 1. The first-order valence-corrected chi connectivity index (χ1v) is 8.61. The SMILES string of the molecule is C[C@H](NS(=O)(=O)c1cccc2ccccc12)c1ccccc1. The molecule has 0 saturated carbocycles. The highest BCUT2D eigenvalue weighted by molar-refractivity contribution is 7.89. The van der Waals surface area contributed by atoms with Crippen LogP contribution in [-0.4, -0.2) is 8.42 Å². The summed E-state index contributed by atoms with van der Waals surface area (Å²) in [6.07, 6.45) is 0. The Morgan fingerprint density at radius 1 is 0.818 bits per heavy atom. The van der Waals surface area contributed by atoms with Gasteiger partial charge in [0.2, 0.25) is 10.0 Å². The molecule has 0 aliphatic heterocycles. The molecule has 1 atom stereocenters. The lowest BCUT2D eigenvalue weighted by Gasteiger charge is -2.15. The third-order valence-electron chi connectivity index (χ3n) is 3.67. The molecule has 3 nitrogen and oxygen atoms in total. The van der Waals surface area contributed by atoms with Crippen LogP contribution in [0.15, 0.2) is 77.7 Å². The number of benzene rings is 3. The Bertz CT molecular complexity index is 884. The summed E-state index contributed by atoms with van der Waals surface area (Å²) < 4.78 is 28.2. The Morgan fingerprint density at radius 2 is 1.45 bits per heavy atom. The molecule has 0 aromatic heterocycles. The molecule has 4 heteroatoms. The fourth-order valence-corrected chi connectivity index (χ4v) is 4.00. The molecule has 0 spiro atoms. The molecule has 0 fully saturated rings. The highest BCUT2D eigenvalue weighted by Crippen LogP contribution is 2.24. The lowest BCUT2D eigenvalue weighted by molar-refractivity contribution is 0.568. The van der Waals surface area contributed by atoms with E-state index in [4.69, 9.17) is 0 Å². The van der Waals surface area contributed by atoms with Gasteiger partial charge in [-0.1, -0.05) is 66.7 Å². The summed E-state index contributed by atoms with van der Waals surface area (Å²) in [5.74, 6) is 0. The number of rotatable bonds is 4. The molecule has 3 rings (SSSR count). The molecule has 0 saturated heterocycles. The van der Waals surface area contributed by atoms with Crippen LogP contribution in [0.25, 0.3) is 10.8 Å². The van der Waals surface area contributed by atoms with E-state index in [0.29, 0.717) is 4.90 Å². The Morgan fingerprint density at radius 3 is 2.23 bits per heavy atom. The maximum atomic E-state index is 12.7. The van der Waals surface area contributed by atoms with Crippen LogP contribution in [0, 0.1) is 0 Å². The highest BCUT2D eigenvalue weighted by Gasteiger charge is 2.20. The number of fused-ring (bicyclic) bond motifs is 1. The zero-order chi connectivity index (χ0) is 15.6. The second kappa shape index (κ2) is 5.91. The van der Waals surface area contributed by atoms with Crippen LogP contribution in [0.1, 0.15) is 18.5 Å². The topological polar surface area (TPSA) is 46.2 Å². The predicted molar refractivity (Wildman–Crippen MR) is 89.1 cm³/mol. The molecule has 0 bridgehead atoms. The highest BCUT2D eigenvalue weighted by atomic mass is 32.2. The summed E-state index contributed by atoms with van der Waals surface area (Å²) in [5.41, 5.74) is 0.936. The quantitative estimate of drug-likeness (QED) is 0.795. The molecule has 0 amide bonds. The van der Waals surface area contributed by atoms with Crippen molar-refractivity contribution in [3.8, 4) is 0 Å². The van der Waals surface area contributed by atoms with Gasteiger partial charge in [0, 0.05) is 11.4 Å². The third kappa shape index (κ3) is 2.89. The van der Waals surface area contributed by atoms with Crippen LogP contribution in [0.5, 0.6) is 0 Å². The van der Waals surface area contributed by atoms with E-state index in [0.717, 1.165) is 16.3 Å². The Labute approximate surface area is 130 Å². The third-order valence-corrected chi connectivity index (χ3v) is 5.27. The van der Waals surface area contributed by atoms with Crippen molar-refractivity contribution in [3.05, 3.63) is 78.4 Å². The van der Waals surface area contributed by atoms with E-state index < -0.39 is 10.0 Å². The maximum absolute atomic E-state index is 12.7. The summed E-state index contributed by atoms with van der Waals surface area (Å²) in [4.78, 5) is 0.313. The monoisotopic (exact) mass is 311 g/mol. The smallest absolute Gasteiger partial charge is 0.207 e. The second-order valence-electron chi connectivity index (χ2n) is 5.23. The zero-order valence-corrected chi connectivity index (χ0v) is 13.0. The van der Waals surface area contributed by atoms with Gasteiger partial charge in [0.1, 0.15) is 0 Å². The van der Waals surface area contributed by atoms with E-state index >= 15 is 0 Å². The van der Waals surface area contributed by atoms with E-state index in [1.165, 1.54) is 0 Å². The molecule has 0 aliphatic carbocycles. The summed E-state index contributed by atoms with van der Waals surface area (Å²) in [5, 5.41) is 1.65. The van der Waals surface area contributed by atoms with E-state index in [9.17, 15) is 8.42 Å². The Kier molecular flexibility index (Phi) is 3.96. The Balaban J connectivity index is 1.99. The molecular formula is C18H17NO2S. The van der Waals surface area contributed by atoms with Gasteiger partial charge in [-0.15, -0.1) is 0 Å². The van der Waals surface area contributed by atoms with Gasteiger partial charge in [0.05, 0.1) is 4.90 Å². The molecule has 3 aromatic carbocycles. The zero-order valence-electron chi connectivity index (χ0n) is 12.2. The van der Waals surface area contributed by atoms with Crippen LogP contribution in [-0.2, 0) is 10.0 Å². The minimum Gasteiger partial charge on any atom is -0.207 e. The van der Waals surface area contributed by atoms with Crippen molar-refractivity contribution in [2.45, 2.75) is 17.9 Å². The lowest BCUT2D eigenvalue weighted by atomic mass is 10.1. The summed E-state index contributed by atoms with van der Waals surface area (Å²) in [6.45, 7) is 1.85. The normalized spacial score (nSPS) is 13.1. The Hall–Kier alpha value is -2.17. The van der Waals surface area contributed by atoms with Gasteiger partial charge in [0.15, 0.2) is 0 Å². The van der Waals surface area contributed by atoms with Crippen LogP contribution in [0.2, 0.25) is 0 Å². The number of sulfonamides is 1. The average molecular weight is 311 g/mol. The molecule has 22 heavy (non-hydrogen) atoms. The number of nitrogens with one attached hydrogen (secondary N) is 1. The fourth-order valence-electron chi connectivity index (χ4n) is 2.54. The van der Waals surface area contributed by atoms with Gasteiger partial charge < -0.3 is 0 Å². The van der Waals surface area contributed by atoms with Crippen LogP contribution in [0.3, 0.4) is 0 Å². The fraction of sp³-hybridized carbons (Fsp3) is 0.111. The van der Waals surface area contributed by atoms with Gasteiger partial charge in [-0.25, -0.2) is 13.1 Å². The van der Waals surface area contributed by atoms with Crippen molar-refractivity contribution in [2.75, 3.05) is 0 Å². The first-order chi connectivity index (χ1) is 10.6. The summed E-state index contributed by atoms with van der Waals surface area (Å²) >= 11 is 0. The molecular weight excluding hydrogens is 294 g/mol. The van der Waals surface area contributed by atoms with E-state index in [-0.39, 0.29) is 6.04 Å². The van der Waals surface area contributed by atoms with E-state index in [1.54, 1.807) is 12.1 Å². The minimum absolute atomic E-state index is 0.287. The predicted octanol–water partition coefficient (Wildman–Crippen LogP) is 3.88. The summed E-state index contributed by atoms with van der Waals surface area (Å²) in [7, 11) is -3.58. The molecule has 0 radical (unpaired) electrons. The van der Waals surface area contributed by atoms with E-state index in [2.05, 4.69) is 4.72 Å². The van der Waals surface area contributed by atoms with Gasteiger partial charge in [-0.2, -0.15) is 0 Å². The van der Waals surface area contributed by atoms with Crippen molar-refractivity contribution in [1.29, 1.82) is 0 Å². The average Bonchev–Trinajstić information content (AvgIpc) is 2.54. The lowest BCUT2D eigenvalue weighted by Crippen LogP contribution is -2.27. The molecule has 0 heterocycles. The minimum atomic E-state index is -3.58. The van der Waals surface area contributed by atoms with Gasteiger partial charge >= 0.3 is 0 Å². The van der Waals surface area contributed by atoms with Crippen molar-refractivity contribution in [3.63, 3.8) is 0 Å². The summed E-state index contributed by atoms with van der Waals surface area (Å²) in [6, 6.07) is 22.1. The molecule has 112 valence electrons. The van der Waals surface area contributed by atoms with Crippen molar-refractivity contribution in [1.82, 2.24) is 4.72 Å². The van der Waals surface area contributed by atoms with Crippen LogP contribution in [0.4, 0.5) is 0 Å². The second-order valence-corrected chi connectivity index (χ2v) is 6.91. The largest absolute Gasteiger partial charge is 0.241 e. The van der Waals surface area contributed by atoms with Gasteiger partial charge in [0.25, 0.3) is 0 Å². The van der Waals surface area contributed by atoms with E-state index in [1.807, 2.05) is 67.6 Å². The van der Waals surface area contributed by atoms with Crippen molar-refractivity contribution >= 4 is 20.8 Å². The molecule has 1 N–H and O–H groups in total. The molecule has 0 unspecified atom stereocenters. The first-order valence-electron chi connectivity index (χ1n) is 7.13. The first kappa shape index (κ1) is 14.8. The van der Waals surface area contributed by atoms with Crippen molar-refractivity contribution in [2.24, 2.45) is 0 Å². The van der Waals surface area contributed by atoms with Crippen molar-refractivity contribution < 1.29 is 8.42 Å². The van der Waals surface area contributed by atoms with Crippen LogP contribution < -0.4 is 4.72 Å². The number of hydrogen-bond acceptors (Lipinski definition) is 2. The molecule has 0 aliphatic rings. The standard InChI is InChI=1S/C18H17NO2S/c1-14(15-8-3-2-4-9-15)19-22(20,21)18-13-7-11-16-10-5-6-12-17(16)18/h2-14,19H,1H3/t14-/m0/s1. The van der Waals surface area contributed by atoms with Gasteiger partial charge in [-0.05, 0) is 23.9 Å². The van der Waals surface area contributed by atoms with Crippen LogP contribution >= 0.6 is 0 Å². The maximum Gasteiger partial charge on any atom is 0.241 e. The van der Waals surface area contributed by atoms with Gasteiger partial charge in [-0.3, -0.25) is 0 Å².